The molecule has 1 unspecified atom stereocenters. The lowest BCUT2D eigenvalue weighted by Gasteiger charge is -2.20. The zero-order valence-corrected chi connectivity index (χ0v) is 10.8. The number of methoxy groups -OCH3 is 1. The first kappa shape index (κ1) is 13.3. The Morgan fingerprint density at radius 2 is 2.12 bits per heavy atom. The molecule has 2 N–H and O–H groups in total. The van der Waals surface area contributed by atoms with E-state index in [1.807, 2.05) is 32.3 Å². The Morgan fingerprint density at radius 3 is 2.56 bits per heavy atom. The monoisotopic (exact) mass is 242 g/mol. The van der Waals surface area contributed by atoms with Gasteiger partial charge in [0.1, 0.15) is 5.75 Å². The van der Waals surface area contributed by atoms with Crippen LogP contribution in [-0.4, -0.2) is 39.2 Å². The molecule has 16 heavy (non-hydrogen) atoms. The van der Waals surface area contributed by atoms with E-state index in [-0.39, 0.29) is 0 Å². The summed E-state index contributed by atoms with van der Waals surface area (Å²) in [6, 6.07) is 5.84. The van der Waals surface area contributed by atoms with Gasteiger partial charge in [0.25, 0.3) is 0 Å². The lowest BCUT2D eigenvalue weighted by atomic mass is 9.99. The van der Waals surface area contributed by atoms with Crippen LogP contribution in [0.5, 0.6) is 5.75 Å². The molecule has 1 aromatic carbocycles. The maximum Gasteiger partial charge on any atom is 0.137 e. The third-order valence-corrected chi connectivity index (χ3v) is 2.81. The Kier molecular flexibility index (Phi) is 5.06. The summed E-state index contributed by atoms with van der Waals surface area (Å²) in [4.78, 5) is 2.12. The van der Waals surface area contributed by atoms with Crippen LogP contribution in [0.3, 0.4) is 0 Å². The van der Waals surface area contributed by atoms with Crippen molar-refractivity contribution < 1.29 is 4.74 Å². The summed E-state index contributed by atoms with van der Waals surface area (Å²) in [5.41, 5.74) is 6.93. The highest BCUT2D eigenvalue weighted by Gasteiger charge is 2.12. The largest absolute Gasteiger partial charge is 0.495 e. The van der Waals surface area contributed by atoms with Crippen LogP contribution < -0.4 is 10.5 Å². The van der Waals surface area contributed by atoms with Gasteiger partial charge in [-0.15, -0.1) is 0 Å². The summed E-state index contributed by atoms with van der Waals surface area (Å²) >= 11 is 6.09. The summed E-state index contributed by atoms with van der Waals surface area (Å²) in [5.74, 6) is 1.00. The number of hydrogen-bond acceptors (Lipinski definition) is 3. The summed E-state index contributed by atoms with van der Waals surface area (Å²) in [7, 11) is 5.68. The second kappa shape index (κ2) is 6.09. The number of likely N-dealkylation sites (N-methyl/N-ethyl adjacent to an activating group) is 1. The molecule has 1 atom stereocenters. The van der Waals surface area contributed by atoms with Crippen molar-refractivity contribution in [3.8, 4) is 5.75 Å². The summed E-state index contributed by atoms with van der Waals surface area (Å²) < 4.78 is 5.12. The van der Waals surface area contributed by atoms with Crippen molar-refractivity contribution in [1.82, 2.24) is 4.90 Å². The van der Waals surface area contributed by atoms with Gasteiger partial charge in [0, 0.05) is 19.0 Å². The van der Waals surface area contributed by atoms with Crippen molar-refractivity contribution in [2.24, 2.45) is 5.73 Å². The van der Waals surface area contributed by atoms with Gasteiger partial charge in [0.2, 0.25) is 0 Å². The fraction of sp³-hybridized carbons (Fsp3) is 0.500. The molecule has 0 aliphatic rings. The van der Waals surface area contributed by atoms with E-state index in [2.05, 4.69) is 4.90 Å². The minimum absolute atomic E-state index is 0.304. The molecule has 1 aromatic rings. The average molecular weight is 243 g/mol. The highest BCUT2D eigenvalue weighted by molar-refractivity contribution is 6.32. The number of ether oxygens (including phenoxy) is 1. The molecule has 4 heteroatoms. The number of hydrogen-bond donors (Lipinski definition) is 1. The van der Waals surface area contributed by atoms with E-state index in [4.69, 9.17) is 22.1 Å². The molecule has 0 aliphatic heterocycles. The van der Waals surface area contributed by atoms with Crippen molar-refractivity contribution in [3.05, 3.63) is 28.8 Å². The molecule has 1 rings (SSSR count). The van der Waals surface area contributed by atoms with E-state index < -0.39 is 0 Å². The molecule has 0 aliphatic carbocycles. The molecule has 0 fully saturated rings. The SMILES string of the molecule is COc1ccc(C(CN)CN(C)C)cc1Cl. The number of rotatable bonds is 5. The maximum atomic E-state index is 6.09. The highest BCUT2D eigenvalue weighted by Crippen LogP contribution is 2.28. The molecular weight excluding hydrogens is 224 g/mol. The molecule has 0 amide bonds. The first-order chi connectivity index (χ1) is 7.58. The quantitative estimate of drug-likeness (QED) is 0.858. The lowest BCUT2D eigenvalue weighted by Crippen LogP contribution is -2.25. The van der Waals surface area contributed by atoms with E-state index in [1.165, 1.54) is 0 Å². The van der Waals surface area contributed by atoms with E-state index in [9.17, 15) is 0 Å². The normalized spacial score (nSPS) is 12.9. The number of benzene rings is 1. The molecule has 3 nitrogen and oxygen atoms in total. The Labute approximate surface area is 102 Å². The van der Waals surface area contributed by atoms with Gasteiger partial charge in [0.05, 0.1) is 12.1 Å². The first-order valence-electron chi connectivity index (χ1n) is 5.26. The topological polar surface area (TPSA) is 38.5 Å². The van der Waals surface area contributed by atoms with Crippen molar-refractivity contribution in [2.75, 3.05) is 34.3 Å². The molecule has 0 bridgehead atoms. The first-order valence-corrected chi connectivity index (χ1v) is 5.64. The molecule has 0 saturated carbocycles. The molecule has 0 spiro atoms. The number of nitrogens with two attached hydrogens (primary N) is 1. The van der Waals surface area contributed by atoms with Gasteiger partial charge >= 0.3 is 0 Å². The second-order valence-corrected chi connectivity index (χ2v) is 4.50. The van der Waals surface area contributed by atoms with E-state index in [0.717, 1.165) is 12.1 Å². The standard InChI is InChI=1S/C12H19ClN2O/c1-15(2)8-10(7-14)9-4-5-12(16-3)11(13)6-9/h4-6,10H,7-8,14H2,1-3H3. The van der Waals surface area contributed by atoms with Gasteiger partial charge in [-0.3, -0.25) is 0 Å². The number of nitrogens with zero attached hydrogens (tertiary/aromatic N) is 1. The van der Waals surface area contributed by atoms with Crippen LogP contribution >= 0.6 is 11.6 Å². The second-order valence-electron chi connectivity index (χ2n) is 4.09. The maximum absolute atomic E-state index is 6.09. The average Bonchev–Trinajstić information content (AvgIpc) is 2.25. The third-order valence-electron chi connectivity index (χ3n) is 2.52. The fourth-order valence-corrected chi connectivity index (χ4v) is 1.96. The van der Waals surface area contributed by atoms with Crippen molar-refractivity contribution >= 4 is 11.6 Å². The minimum Gasteiger partial charge on any atom is -0.495 e. The summed E-state index contributed by atoms with van der Waals surface area (Å²) in [6.45, 7) is 1.53. The van der Waals surface area contributed by atoms with Gasteiger partial charge < -0.3 is 15.4 Å². The summed E-state index contributed by atoms with van der Waals surface area (Å²) in [6.07, 6.45) is 0. The third kappa shape index (κ3) is 3.37. The van der Waals surface area contributed by atoms with Crippen LogP contribution in [-0.2, 0) is 0 Å². The van der Waals surface area contributed by atoms with Crippen molar-refractivity contribution in [1.29, 1.82) is 0 Å². The lowest BCUT2D eigenvalue weighted by molar-refractivity contribution is 0.375. The van der Waals surface area contributed by atoms with Gasteiger partial charge in [-0.2, -0.15) is 0 Å². The van der Waals surface area contributed by atoms with Crippen molar-refractivity contribution in [2.45, 2.75) is 5.92 Å². The highest BCUT2D eigenvalue weighted by atomic mass is 35.5. The molecule has 90 valence electrons. The molecular formula is C12H19ClN2O. The molecule has 0 aromatic heterocycles. The minimum atomic E-state index is 0.304. The van der Waals surface area contributed by atoms with Crippen LogP contribution in [0, 0.1) is 0 Å². The van der Waals surface area contributed by atoms with E-state index >= 15 is 0 Å². The molecule has 0 saturated heterocycles. The van der Waals surface area contributed by atoms with Crippen LogP contribution in [0.2, 0.25) is 5.02 Å². The Balaban J connectivity index is 2.89. The Bertz CT molecular complexity index is 342. The van der Waals surface area contributed by atoms with Crippen LogP contribution in [0.15, 0.2) is 18.2 Å². The zero-order valence-electron chi connectivity index (χ0n) is 10.0. The van der Waals surface area contributed by atoms with Crippen LogP contribution in [0.1, 0.15) is 11.5 Å². The Morgan fingerprint density at radius 1 is 1.44 bits per heavy atom. The van der Waals surface area contributed by atoms with Crippen LogP contribution in [0.25, 0.3) is 0 Å². The molecule has 0 radical (unpaired) electrons. The fourth-order valence-electron chi connectivity index (χ4n) is 1.69. The van der Waals surface area contributed by atoms with Gasteiger partial charge in [0.15, 0.2) is 0 Å². The van der Waals surface area contributed by atoms with E-state index in [0.29, 0.717) is 23.2 Å². The zero-order chi connectivity index (χ0) is 12.1. The smallest absolute Gasteiger partial charge is 0.137 e. The van der Waals surface area contributed by atoms with E-state index in [1.54, 1.807) is 7.11 Å². The molecule has 0 heterocycles. The Hall–Kier alpha value is -0.770. The predicted octanol–water partition coefficient (Wildman–Crippen LogP) is 1.95. The predicted molar refractivity (Wildman–Crippen MR) is 68.4 cm³/mol. The van der Waals surface area contributed by atoms with Crippen molar-refractivity contribution in [3.63, 3.8) is 0 Å². The number of halogens is 1. The van der Waals surface area contributed by atoms with Gasteiger partial charge in [-0.25, -0.2) is 0 Å². The van der Waals surface area contributed by atoms with Gasteiger partial charge in [-0.1, -0.05) is 17.7 Å². The van der Waals surface area contributed by atoms with Crippen LogP contribution in [0.4, 0.5) is 0 Å². The summed E-state index contributed by atoms with van der Waals surface area (Å²) in [5, 5.41) is 0.636. The van der Waals surface area contributed by atoms with Gasteiger partial charge in [-0.05, 0) is 31.8 Å².